The second-order valence-electron chi connectivity index (χ2n) is 6.49. The molecule has 152 valence electrons. The number of carbonyl (C=O) groups excluding carboxylic acids is 2. The number of ketones is 1. The number of hydrogen-bond donors (Lipinski definition) is 1. The van der Waals surface area contributed by atoms with Crippen LogP contribution in [0.3, 0.4) is 0 Å². The van der Waals surface area contributed by atoms with E-state index in [0.717, 1.165) is 0 Å². The molecule has 1 unspecified atom stereocenters. The van der Waals surface area contributed by atoms with Crippen molar-refractivity contribution < 1.29 is 28.6 Å². The summed E-state index contributed by atoms with van der Waals surface area (Å²) in [6.45, 7) is 4.55. The standard InChI is InChI=1S/C22H22FNO5/c1-4-28-16-11-8-14(12-17(16)29-5-2)19-18(21(26)22(27)24(19)3)20(25)13-6-9-15(23)10-7-13/h6-12,19,25H,4-5H2,1-3H3/b20-18+. The van der Waals surface area contributed by atoms with Crippen molar-refractivity contribution in [3.05, 3.63) is 65.0 Å². The SMILES string of the molecule is CCOc1ccc(C2/C(=C(\O)c3ccc(F)cc3)C(=O)C(=O)N2C)cc1OCC. The van der Waals surface area contributed by atoms with E-state index >= 15 is 0 Å². The topological polar surface area (TPSA) is 76.1 Å². The zero-order valence-electron chi connectivity index (χ0n) is 16.4. The largest absolute Gasteiger partial charge is 0.507 e. The minimum Gasteiger partial charge on any atom is -0.507 e. The van der Waals surface area contributed by atoms with Crippen molar-refractivity contribution in [1.82, 2.24) is 4.90 Å². The van der Waals surface area contributed by atoms with Crippen molar-refractivity contribution in [3.63, 3.8) is 0 Å². The van der Waals surface area contributed by atoms with Crippen LogP contribution < -0.4 is 9.47 Å². The van der Waals surface area contributed by atoms with Crippen LogP contribution in [0.2, 0.25) is 0 Å². The number of aliphatic hydroxyl groups excluding tert-OH is 1. The Labute approximate surface area is 168 Å². The predicted octanol–water partition coefficient (Wildman–Crippen LogP) is 3.67. The van der Waals surface area contributed by atoms with Gasteiger partial charge in [0.2, 0.25) is 0 Å². The average Bonchev–Trinajstić information content (AvgIpc) is 2.94. The van der Waals surface area contributed by atoms with Crippen molar-refractivity contribution in [2.75, 3.05) is 20.3 Å². The third-order valence-corrected chi connectivity index (χ3v) is 4.68. The number of likely N-dealkylation sites (N-methyl/N-ethyl adjacent to an activating group) is 1. The molecule has 3 rings (SSSR count). The molecule has 6 nitrogen and oxygen atoms in total. The number of rotatable bonds is 6. The Balaban J connectivity index is 2.13. The lowest BCUT2D eigenvalue weighted by atomic mass is 9.95. The summed E-state index contributed by atoms with van der Waals surface area (Å²) in [5.41, 5.74) is 0.775. The molecule has 29 heavy (non-hydrogen) atoms. The Kier molecular flexibility index (Phi) is 5.87. The third-order valence-electron chi connectivity index (χ3n) is 4.68. The average molecular weight is 399 g/mol. The van der Waals surface area contributed by atoms with Gasteiger partial charge in [-0.15, -0.1) is 0 Å². The van der Waals surface area contributed by atoms with E-state index in [1.165, 1.54) is 36.2 Å². The summed E-state index contributed by atoms with van der Waals surface area (Å²) in [5, 5.41) is 10.8. The van der Waals surface area contributed by atoms with Crippen LogP contribution in [0.4, 0.5) is 4.39 Å². The molecule has 2 aromatic rings. The highest BCUT2D eigenvalue weighted by molar-refractivity contribution is 6.46. The monoisotopic (exact) mass is 399 g/mol. The zero-order chi connectivity index (χ0) is 21.1. The number of benzene rings is 2. The fourth-order valence-corrected chi connectivity index (χ4v) is 3.34. The van der Waals surface area contributed by atoms with E-state index in [2.05, 4.69) is 0 Å². The lowest BCUT2D eigenvalue weighted by Gasteiger charge is -2.22. The van der Waals surface area contributed by atoms with Crippen LogP contribution in [0.15, 0.2) is 48.0 Å². The van der Waals surface area contributed by atoms with E-state index < -0.39 is 23.5 Å². The van der Waals surface area contributed by atoms with Gasteiger partial charge in [-0.2, -0.15) is 0 Å². The van der Waals surface area contributed by atoms with Crippen molar-refractivity contribution >= 4 is 17.4 Å². The Morgan fingerprint density at radius 1 is 1.03 bits per heavy atom. The molecule has 1 N–H and O–H groups in total. The number of ether oxygens (including phenoxy) is 2. The van der Waals surface area contributed by atoms with Gasteiger partial charge in [0.25, 0.3) is 11.7 Å². The number of aliphatic hydroxyl groups is 1. The van der Waals surface area contributed by atoms with Crippen molar-refractivity contribution in [2.45, 2.75) is 19.9 Å². The lowest BCUT2D eigenvalue weighted by Crippen LogP contribution is -2.24. The Hall–Kier alpha value is -3.35. The maximum absolute atomic E-state index is 13.2. The van der Waals surface area contributed by atoms with Crippen molar-refractivity contribution in [2.24, 2.45) is 0 Å². The molecule has 0 spiro atoms. The molecule has 0 radical (unpaired) electrons. The second kappa shape index (κ2) is 8.34. The summed E-state index contributed by atoms with van der Waals surface area (Å²) in [6, 6.07) is 9.38. The van der Waals surface area contributed by atoms with Crippen LogP contribution in [-0.2, 0) is 9.59 Å². The maximum atomic E-state index is 13.2. The summed E-state index contributed by atoms with van der Waals surface area (Å²) < 4.78 is 24.4. The predicted molar refractivity (Wildman–Crippen MR) is 105 cm³/mol. The van der Waals surface area contributed by atoms with Gasteiger partial charge in [-0.3, -0.25) is 9.59 Å². The fourth-order valence-electron chi connectivity index (χ4n) is 3.34. The van der Waals surface area contributed by atoms with Crippen LogP contribution in [0, 0.1) is 5.82 Å². The molecule has 1 aliphatic rings. The zero-order valence-corrected chi connectivity index (χ0v) is 16.4. The van der Waals surface area contributed by atoms with Crippen LogP contribution in [0.1, 0.15) is 31.0 Å². The first-order chi connectivity index (χ1) is 13.9. The number of nitrogens with zero attached hydrogens (tertiary/aromatic N) is 1. The molecule has 0 aromatic heterocycles. The van der Waals surface area contributed by atoms with Gasteiger partial charge in [-0.1, -0.05) is 6.07 Å². The molecule has 2 aromatic carbocycles. The summed E-state index contributed by atoms with van der Waals surface area (Å²) >= 11 is 0. The van der Waals surface area contributed by atoms with Gasteiger partial charge in [-0.05, 0) is 55.8 Å². The van der Waals surface area contributed by atoms with Crippen LogP contribution in [-0.4, -0.2) is 42.0 Å². The van der Waals surface area contributed by atoms with Crippen LogP contribution in [0.25, 0.3) is 5.76 Å². The molecule has 0 bridgehead atoms. The van der Waals surface area contributed by atoms with Gasteiger partial charge in [-0.25, -0.2) is 4.39 Å². The van der Waals surface area contributed by atoms with E-state index in [0.29, 0.717) is 30.3 Å². The van der Waals surface area contributed by atoms with Gasteiger partial charge >= 0.3 is 0 Å². The normalized spacial score (nSPS) is 18.2. The molecule has 0 aliphatic carbocycles. The first-order valence-corrected chi connectivity index (χ1v) is 9.29. The summed E-state index contributed by atoms with van der Waals surface area (Å²) in [6.07, 6.45) is 0. The molecule has 1 aliphatic heterocycles. The summed E-state index contributed by atoms with van der Waals surface area (Å²) in [5.74, 6) is -1.33. The number of Topliss-reactive ketones (excluding diaryl/α,β-unsaturated/α-hetero) is 1. The van der Waals surface area contributed by atoms with E-state index in [4.69, 9.17) is 9.47 Å². The first kappa shape index (κ1) is 20.4. The van der Waals surface area contributed by atoms with Gasteiger partial charge in [0.1, 0.15) is 11.6 Å². The second-order valence-corrected chi connectivity index (χ2v) is 6.49. The quantitative estimate of drug-likeness (QED) is 0.456. The maximum Gasteiger partial charge on any atom is 0.295 e. The minimum atomic E-state index is -0.810. The van der Waals surface area contributed by atoms with E-state index in [9.17, 15) is 19.1 Å². The van der Waals surface area contributed by atoms with Gasteiger partial charge in [0.05, 0.1) is 24.8 Å². The summed E-state index contributed by atoms with van der Waals surface area (Å²) in [4.78, 5) is 26.3. The van der Waals surface area contributed by atoms with Gasteiger partial charge in [0.15, 0.2) is 11.5 Å². The molecule has 1 atom stereocenters. The van der Waals surface area contributed by atoms with E-state index in [-0.39, 0.29) is 16.9 Å². The molecule has 1 amide bonds. The number of likely N-dealkylation sites (tertiary alicyclic amines) is 1. The molecule has 1 heterocycles. The number of carbonyl (C=O) groups is 2. The smallest absolute Gasteiger partial charge is 0.295 e. The van der Waals surface area contributed by atoms with Gasteiger partial charge < -0.3 is 19.5 Å². The number of halogens is 1. The van der Waals surface area contributed by atoms with Crippen molar-refractivity contribution in [3.8, 4) is 11.5 Å². The Bertz CT molecular complexity index is 968. The fraction of sp³-hybridized carbons (Fsp3) is 0.273. The highest BCUT2D eigenvalue weighted by Gasteiger charge is 2.44. The highest BCUT2D eigenvalue weighted by Crippen LogP contribution is 2.41. The highest BCUT2D eigenvalue weighted by atomic mass is 19.1. The number of amides is 1. The summed E-state index contributed by atoms with van der Waals surface area (Å²) in [7, 11) is 1.49. The first-order valence-electron chi connectivity index (χ1n) is 9.29. The third kappa shape index (κ3) is 3.81. The van der Waals surface area contributed by atoms with E-state index in [1.54, 1.807) is 18.2 Å². The van der Waals surface area contributed by atoms with E-state index in [1.807, 2.05) is 13.8 Å². The molecule has 1 saturated heterocycles. The number of hydrogen-bond acceptors (Lipinski definition) is 5. The molecular formula is C22H22FNO5. The van der Waals surface area contributed by atoms with Crippen molar-refractivity contribution in [1.29, 1.82) is 0 Å². The van der Waals surface area contributed by atoms with Crippen LogP contribution in [0.5, 0.6) is 11.5 Å². The Morgan fingerprint density at radius 3 is 2.28 bits per heavy atom. The lowest BCUT2D eigenvalue weighted by molar-refractivity contribution is -0.139. The van der Waals surface area contributed by atoms with Crippen LogP contribution >= 0.6 is 0 Å². The van der Waals surface area contributed by atoms with Gasteiger partial charge in [0, 0.05) is 12.6 Å². The molecule has 7 heteroatoms. The minimum absolute atomic E-state index is 0.0595. The molecular weight excluding hydrogens is 377 g/mol. The molecule has 0 saturated carbocycles. The molecule has 1 fully saturated rings. The Morgan fingerprint density at radius 2 is 1.66 bits per heavy atom.